The van der Waals surface area contributed by atoms with E-state index < -0.39 is 0 Å². The van der Waals surface area contributed by atoms with Gasteiger partial charge in [0, 0.05) is 58.6 Å². The van der Waals surface area contributed by atoms with Gasteiger partial charge in [0.25, 0.3) is 0 Å². The fourth-order valence-corrected chi connectivity index (χ4v) is 6.00. The normalized spacial score (nSPS) is 20.4. The van der Waals surface area contributed by atoms with Gasteiger partial charge in [-0.3, -0.25) is 0 Å². The zero-order chi connectivity index (χ0) is 24.3. The first-order valence-corrected chi connectivity index (χ1v) is 12.4. The molecular weight excluding hydrogens is 436 g/mol. The highest BCUT2D eigenvalue weighted by Crippen LogP contribution is 2.50. The van der Waals surface area contributed by atoms with Gasteiger partial charge in [-0.2, -0.15) is 0 Å². The molecule has 0 fully saturated rings. The Labute approximate surface area is 209 Å². The Morgan fingerprint density at radius 1 is 0.647 bits per heavy atom. The van der Waals surface area contributed by atoms with Crippen molar-refractivity contribution in [3.63, 3.8) is 0 Å². The van der Waals surface area contributed by atoms with Crippen LogP contribution in [0.5, 0.6) is 0 Å². The van der Waals surface area contributed by atoms with Gasteiger partial charge in [-0.25, -0.2) is 0 Å². The fourth-order valence-electron chi connectivity index (χ4n) is 5.87. The maximum atomic E-state index is 6.27. The monoisotopic (exact) mass is 468 g/mol. The molecule has 0 saturated heterocycles. The minimum atomic E-state index is -0.0748. The molecule has 0 spiro atoms. The Kier molecular flexibility index (Phi) is 5.41. The standard InChI is InChI=1S/C31H33ClN2/c1-30(2)24-11-7-9-13-26(24)33(5)28(30)19-22(21-15-17-23(32)18-16-21)20-29-31(3,4)25-12-8-10-14-27(25)34(29)6/h7-20,22H,1-6H3/b28-19-,29-20-. The average Bonchev–Trinajstić information content (AvgIpc) is 3.14. The number of hydrogen-bond acceptors (Lipinski definition) is 2. The van der Waals surface area contributed by atoms with E-state index in [0.29, 0.717) is 0 Å². The third-order valence-electron chi connectivity index (χ3n) is 7.81. The van der Waals surface area contributed by atoms with Gasteiger partial charge < -0.3 is 9.80 Å². The second-order valence-electron chi connectivity index (χ2n) is 10.6. The number of anilines is 2. The lowest BCUT2D eigenvalue weighted by Gasteiger charge is -2.28. The number of halogens is 1. The quantitative estimate of drug-likeness (QED) is 0.383. The van der Waals surface area contributed by atoms with Crippen LogP contribution in [-0.4, -0.2) is 14.1 Å². The molecule has 0 N–H and O–H groups in total. The van der Waals surface area contributed by atoms with E-state index in [2.05, 4.69) is 124 Å². The summed E-state index contributed by atoms with van der Waals surface area (Å²) in [4.78, 5) is 4.71. The molecule has 5 rings (SSSR count). The van der Waals surface area contributed by atoms with Crippen LogP contribution in [-0.2, 0) is 10.8 Å². The second kappa shape index (κ2) is 8.06. The topological polar surface area (TPSA) is 6.48 Å². The first-order valence-electron chi connectivity index (χ1n) is 12.0. The minimum absolute atomic E-state index is 0.0748. The molecule has 0 amide bonds. The molecule has 2 aliphatic rings. The lowest BCUT2D eigenvalue weighted by Crippen LogP contribution is -2.25. The number of rotatable bonds is 3. The van der Waals surface area contributed by atoms with Crippen molar-refractivity contribution in [3.05, 3.63) is 118 Å². The van der Waals surface area contributed by atoms with Gasteiger partial charge in [0.05, 0.1) is 0 Å². The predicted molar refractivity (Wildman–Crippen MR) is 146 cm³/mol. The van der Waals surface area contributed by atoms with Gasteiger partial charge in [-0.1, -0.05) is 100.0 Å². The summed E-state index contributed by atoms with van der Waals surface area (Å²) in [5.41, 5.74) is 9.05. The van der Waals surface area contributed by atoms with Crippen molar-refractivity contribution < 1.29 is 0 Å². The molecule has 3 heteroatoms. The van der Waals surface area contributed by atoms with Gasteiger partial charge in [-0.15, -0.1) is 0 Å². The van der Waals surface area contributed by atoms with Crippen molar-refractivity contribution in [1.29, 1.82) is 0 Å². The summed E-state index contributed by atoms with van der Waals surface area (Å²) in [6.07, 6.45) is 4.90. The zero-order valence-corrected chi connectivity index (χ0v) is 21.7. The van der Waals surface area contributed by atoms with Crippen molar-refractivity contribution in [1.82, 2.24) is 0 Å². The fraction of sp³-hybridized carbons (Fsp3) is 0.290. The number of allylic oxidation sites excluding steroid dienone is 4. The Hall–Kier alpha value is -2.97. The van der Waals surface area contributed by atoms with Crippen LogP contribution in [0.3, 0.4) is 0 Å². The predicted octanol–water partition coefficient (Wildman–Crippen LogP) is 8.05. The SMILES string of the molecule is CN1/C(=C\C(/C=C2\N(C)c3ccccc3C2(C)C)c2ccc(Cl)cc2)C(C)(C)c2ccccc21. The van der Waals surface area contributed by atoms with E-state index in [0.717, 1.165) is 5.02 Å². The third-order valence-corrected chi connectivity index (χ3v) is 8.06. The van der Waals surface area contributed by atoms with E-state index in [9.17, 15) is 0 Å². The van der Waals surface area contributed by atoms with Crippen LogP contribution in [0, 0.1) is 0 Å². The highest BCUT2D eigenvalue weighted by atomic mass is 35.5. The van der Waals surface area contributed by atoms with Crippen LogP contribution < -0.4 is 9.80 Å². The van der Waals surface area contributed by atoms with Gasteiger partial charge in [-0.05, 0) is 41.0 Å². The maximum Gasteiger partial charge on any atom is 0.0447 e. The molecule has 0 saturated carbocycles. The lowest BCUT2D eigenvalue weighted by molar-refractivity contribution is 0.627. The highest BCUT2D eigenvalue weighted by molar-refractivity contribution is 6.30. The summed E-state index contributed by atoms with van der Waals surface area (Å²) in [5.74, 6) is 0.106. The summed E-state index contributed by atoms with van der Waals surface area (Å²) in [6.45, 7) is 9.31. The first-order chi connectivity index (χ1) is 16.1. The van der Waals surface area contributed by atoms with Gasteiger partial charge in [0.15, 0.2) is 0 Å². The third kappa shape index (κ3) is 3.47. The minimum Gasteiger partial charge on any atom is -0.347 e. The summed E-state index contributed by atoms with van der Waals surface area (Å²) < 4.78 is 0. The summed E-state index contributed by atoms with van der Waals surface area (Å²) in [6, 6.07) is 25.8. The molecule has 0 aromatic heterocycles. The molecule has 34 heavy (non-hydrogen) atoms. The van der Waals surface area contributed by atoms with E-state index in [1.54, 1.807) is 0 Å². The molecule has 2 aliphatic heterocycles. The van der Waals surface area contributed by atoms with Crippen LogP contribution in [0.1, 0.15) is 50.3 Å². The Morgan fingerprint density at radius 3 is 1.47 bits per heavy atom. The van der Waals surface area contributed by atoms with E-state index in [-0.39, 0.29) is 16.7 Å². The van der Waals surface area contributed by atoms with Gasteiger partial charge >= 0.3 is 0 Å². The maximum absolute atomic E-state index is 6.27. The number of nitrogens with zero attached hydrogens (tertiary/aromatic N) is 2. The molecule has 2 heterocycles. The smallest absolute Gasteiger partial charge is 0.0447 e. The van der Waals surface area contributed by atoms with E-state index >= 15 is 0 Å². The Morgan fingerprint density at radius 2 is 1.06 bits per heavy atom. The van der Waals surface area contributed by atoms with E-state index in [4.69, 9.17) is 11.6 Å². The largest absolute Gasteiger partial charge is 0.347 e. The van der Waals surface area contributed by atoms with Crippen LogP contribution >= 0.6 is 11.6 Å². The van der Waals surface area contributed by atoms with E-state index in [1.165, 1.54) is 39.5 Å². The number of benzene rings is 3. The summed E-state index contributed by atoms with van der Waals surface area (Å²) >= 11 is 6.27. The number of hydrogen-bond donors (Lipinski definition) is 0. The molecular formula is C31H33ClN2. The lowest BCUT2D eigenvalue weighted by atomic mass is 9.80. The number of fused-ring (bicyclic) bond motifs is 2. The van der Waals surface area contributed by atoms with Crippen molar-refractivity contribution in [2.24, 2.45) is 0 Å². The van der Waals surface area contributed by atoms with Crippen molar-refractivity contribution in [2.45, 2.75) is 44.4 Å². The highest BCUT2D eigenvalue weighted by Gasteiger charge is 2.40. The molecule has 0 unspecified atom stereocenters. The zero-order valence-electron chi connectivity index (χ0n) is 20.9. The molecule has 174 valence electrons. The molecule has 2 nitrogen and oxygen atoms in total. The Balaban J connectivity index is 1.67. The van der Waals surface area contributed by atoms with Crippen LogP contribution in [0.25, 0.3) is 0 Å². The molecule has 0 radical (unpaired) electrons. The van der Waals surface area contributed by atoms with Gasteiger partial charge in [0.1, 0.15) is 0 Å². The molecule has 3 aromatic carbocycles. The van der Waals surface area contributed by atoms with Crippen LogP contribution in [0.2, 0.25) is 5.02 Å². The van der Waals surface area contributed by atoms with Crippen LogP contribution in [0.15, 0.2) is 96.3 Å². The summed E-state index contributed by atoms with van der Waals surface area (Å²) in [7, 11) is 4.37. The number of likely N-dealkylation sites (N-methyl/N-ethyl adjacent to an activating group) is 2. The number of para-hydroxylation sites is 2. The van der Waals surface area contributed by atoms with Gasteiger partial charge in [0.2, 0.25) is 0 Å². The van der Waals surface area contributed by atoms with Crippen molar-refractivity contribution in [3.8, 4) is 0 Å². The molecule has 0 aliphatic carbocycles. The average molecular weight is 469 g/mol. The molecule has 3 aromatic rings. The second-order valence-corrected chi connectivity index (χ2v) is 11.0. The Bertz CT molecular complexity index is 1220. The van der Waals surface area contributed by atoms with E-state index in [1.807, 2.05) is 12.1 Å². The van der Waals surface area contributed by atoms with Crippen molar-refractivity contribution in [2.75, 3.05) is 23.9 Å². The summed E-state index contributed by atoms with van der Waals surface area (Å²) in [5, 5.41) is 0.763. The van der Waals surface area contributed by atoms with Crippen LogP contribution in [0.4, 0.5) is 11.4 Å². The first kappa shape index (κ1) is 22.8. The molecule has 0 atom stereocenters. The molecule has 0 bridgehead atoms. The van der Waals surface area contributed by atoms with Crippen molar-refractivity contribution >= 4 is 23.0 Å².